The lowest BCUT2D eigenvalue weighted by Crippen LogP contribution is -1.96. The molecule has 2 nitrogen and oxygen atoms in total. The minimum atomic E-state index is -0.298. The molecule has 0 saturated heterocycles. The molecule has 1 aromatic heterocycles. The van der Waals surface area contributed by atoms with E-state index in [0.717, 1.165) is 11.1 Å². The monoisotopic (exact) mass is 216 g/mol. The molecule has 0 unspecified atom stereocenters. The molecule has 0 amide bonds. The third-order valence-electron chi connectivity index (χ3n) is 2.43. The molecule has 1 heterocycles. The maximum absolute atomic E-state index is 13.6. The number of rotatable bonds is 1. The Morgan fingerprint density at radius 2 is 1.88 bits per heavy atom. The van der Waals surface area contributed by atoms with Gasteiger partial charge in [0.05, 0.1) is 11.4 Å². The van der Waals surface area contributed by atoms with Crippen molar-refractivity contribution >= 4 is 5.69 Å². The van der Waals surface area contributed by atoms with Crippen LogP contribution >= 0.6 is 0 Å². The highest BCUT2D eigenvalue weighted by Crippen LogP contribution is 2.27. The minimum Gasteiger partial charge on any atom is -0.397 e. The molecule has 0 spiro atoms. The normalized spacial score (nSPS) is 10.4. The number of aromatic nitrogens is 1. The topological polar surface area (TPSA) is 38.9 Å². The summed E-state index contributed by atoms with van der Waals surface area (Å²) in [7, 11) is 0. The zero-order valence-electron chi connectivity index (χ0n) is 9.29. The number of hydrogen-bond donors (Lipinski definition) is 1. The van der Waals surface area contributed by atoms with Gasteiger partial charge in [-0.05, 0) is 37.6 Å². The standard InChI is InChI=1S/C13H13FN2/c1-8-3-4-11(14)10(5-8)13-12(15)6-9(2)7-16-13/h3-7H,15H2,1-2H3. The van der Waals surface area contributed by atoms with E-state index in [9.17, 15) is 4.39 Å². The summed E-state index contributed by atoms with van der Waals surface area (Å²) in [5, 5.41) is 0. The Balaban J connectivity index is 2.62. The zero-order chi connectivity index (χ0) is 11.7. The summed E-state index contributed by atoms with van der Waals surface area (Å²) < 4.78 is 13.6. The number of pyridine rings is 1. The van der Waals surface area contributed by atoms with Crippen LogP contribution in [0.1, 0.15) is 11.1 Å². The summed E-state index contributed by atoms with van der Waals surface area (Å²) in [5.74, 6) is -0.298. The van der Waals surface area contributed by atoms with Crippen LogP contribution in [-0.4, -0.2) is 4.98 Å². The van der Waals surface area contributed by atoms with Gasteiger partial charge in [-0.15, -0.1) is 0 Å². The Kier molecular flexibility index (Phi) is 2.60. The fourth-order valence-corrected chi connectivity index (χ4v) is 1.64. The molecule has 0 aliphatic heterocycles. The first kappa shape index (κ1) is 10.6. The lowest BCUT2D eigenvalue weighted by Gasteiger charge is -2.07. The first-order chi connectivity index (χ1) is 7.58. The van der Waals surface area contributed by atoms with Gasteiger partial charge < -0.3 is 5.73 Å². The van der Waals surface area contributed by atoms with Gasteiger partial charge in [0, 0.05) is 11.8 Å². The van der Waals surface area contributed by atoms with E-state index < -0.39 is 0 Å². The lowest BCUT2D eigenvalue weighted by atomic mass is 10.1. The average molecular weight is 216 g/mol. The Bertz CT molecular complexity index is 535. The van der Waals surface area contributed by atoms with E-state index in [-0.39, 0.29) is 5.82 Å². The van der Waals surface area contributed by atoms with Crippen LogP contribution in [0.3, 0.4) is 0 Å². The summed E-state index contributed by atoms with van der Waals surface area (Å²) >= 11 is 0. The van der Waals surface area contributed by atoms with Crippen LogP contribution in [-0.2, 0) is 0 Å². The van der Waals surface area contributed by atoms with Crippen molar-refractivity contribution in [2.24, 2.45) is 0 Å². The molecule has 16 heavy (non-hydrogen) atoms. The molecular weight excluding hydrogens is 203 g/mol. The number of aryl methyl sites for hydroxylation is 2. The van der Waals surface area contributed by atoms with Crippen molar-refractivity contribution in [3.8, 4) is 11.3 Å². The zero-order valence-corrected chi connectivity index (χ0v) is 9.29. The highest BCUT2D eigenvalue weighted by Gasteiger charge is 2.09. The van der Waals surface area contributed by atoms with E-state index in [1.165, 1.54) is 6.07 Å². The maximum atomic E-state index is 13.6. The highest BCUT2D eigenvalue weighted by molar-refractivity contribution is 5.73. The molecule has 2 rings (SSSR count). The molecule has 0 fully saturated rings. The molecule has 0 bridgehead atoms. The van der Waals surface area contributed by atoms with Crippen molar-refractivity contribution in [1.82, 2.24) is 4.98 Å². The number of hydrogen-bond acceptors (Lipinski definition) is 2. The number of halogens is 1. The van der Waals surface area contributed by atoms with E-state index in [1.54, 1.807) is 24.4 Å². The Labute approximate surface area is 93.9 Å². The summed E-state index contributed by atoms with van der Waals surface area (Å²) in [6, 6.07) is 6.71. The molecule has 0 aliphatic rings. The van der Waals surface area contributed by atoms with Gasteiger partial charge in [0.1, 0.15) is 5.82 Å². The number of anilines is 1. The predicted molar refractivity (Wildman–Crippen MR) is 63.5 cm³/mol. The third kappa shape index (κ3) is 1.89. The summed E-state index contributed by atoms with van der Waals surface area (Å²) in [6.45, 7) is 3.81. The summed E-state index contributed by atoms with van der Waals surface area (Å²) in [6.07, 6.45) is 1.69. The number of nitrogen functional groups attached to an aromatic ring is 1. The van der Waals surface area contributed by atoms with Gasteiger partial charge in [-0.2, -0.15) is 0 Å². The van der Waals surface area contributed by atoms with Gasteiger partial charge in [-0.1, -0.05) is 11.6 Å². The van der Waals surface area contributed by atoms with Crippen LogP contribution in [0.5, 0.6) is 0 Å². The second-order valence-corrected chi connectivity index (χ2v) is 3.93. The van der Waals surface area contributed by atoms with E-state index in [0.29, 0.717) is 16.9 Å². The van der Waals surface area contributed by atoms with Gasteiger partial charge >= 0.3 is 0 Å². The molecule has 1 aromatic carbocycles. The molecule has 2 aromatic rings. The average Bonchev–Trinajstić information content (AvgIpc) is 2.22. The first-order valence-corrected chi connectivity index (χ1v) is 5.06. The molecular formula is C13H13FN2. The molecule has 3 heteroatoms. The second kappa shape index (κ2) is 3.93. The Hall–Kier alpha value is -1.90. The maximum Gasteiger partial charge on any atom is 0.132 e. The molecule has 0 saturated carbocycles. The lowest BCUT2D eigenvalue weighted by molar-refractivity contribution is 0.630. The smallest absolute Gasteiger partial charge is 0.132 e. The highest BCUT2D eigenvalue weighted by atomic mass is 19.1. The van der Waals surface area contributed by atoms with Crippen LogP contribution in [0, 0.1) is 19.7 Å². The SMILES string of the molecule is Cc1cnc(-c2cc(C)ccc2F)c(N)c1. The fraction of sp³-hybridized carbons (Fsp3) is 0.154. The van der Waals surface area contributed by atoms with Crippen molar-refractivity contribution in [2.75, 3.05) is 5.73 Å². The van der Waals surface area contributed by atoms with Crippen molar-refractivity contribution in [1.29, 1.82) is 0 Å². The van der Waals surface area contributed by atoms with Gasteiger partial charge in [-0.25, -0.2) is 4.39 Å². The molecule has 0 aliphatic carbocycles. The fourth-order valence-electron chi connectivity index (χ4n) is 1.64. The van der Waals surface area contributed by atoms with Crippen LogP contribution in [0.4, 0.5) is 10.1 Å². The number of nitrogens with two attached hydrogens (primary N) is 1. The molecule has 2 N–H and O–H groups in total. The molecule has 82 valence electrons. The quantitative estimate of drug-likeness (QED) is 0.795. The van der Waals surface area contributed by atoms with Crippen molar-refractivity contribution in [3.05, 3.63) is 47.4 Å². The van der Waals surface area contributed by atoms with Gasteiger partial charge in [-0.3, -0.25) is 4.98 Å². The number of nitrogens with zero attached hydrogens (tertiary/aromatic N) is 1. The van der Waals surface area contributed by atoms with Crippen LogP contribution in [0.2, 0.25) is 0 Å². The van der Waals surface area contributed by atoms with E-state index in [2.05, 4.69) is 4.98 Å². The van der Waals surface area contributed by atoms with Crippen LogP contribution in [0.25, 0.3) is 11.3 Å². The van der Waals surface area contributed by atoms with Gasteiger partial charge in [0.25, 0.3) is 0 Å². The summed E-state index contributed by atoms with van der Waals surface area (Å²) in [4.78, 5) is 4.18. The third-order valence-corrected chi connectivity index (χ3v) is 2.43. The first-order valence-electron chi connectivity index (χ1n) is 5.06. The van der Waals surface area contributed by atoms with E-state index in [4.69, 9.17) is 5.73 Å². The Morgan fingerprint density at radius 1 is 1.12 bits per heavy atom. The van der Waals surface area contributed by atoms with Crippen LogP contribution < -0.4 is 5.73 Å². The Morgan fingerprint density at radius 3 is 2.56 bits per heavy atom. The molecule has 0 atom stereocenters. The predicted octanol–water partition coefficient (Wildman–Crippen LogP) is 3.09. The van der Waals surface area contributed by atoms with E-state index in [1.807, 2.05) is 13.8 Å². The van der Waals surface area contributed by atoms with Crippen molar-refractivity contribution in [2.45, 2.75) is 13.8 Å². The van der Waals surface area contributed by atoms with Gasteiger partial charge in [0.15, 0.2) is 0 Å². The molecule has 0 radical (unpaired) electrons. The minimum absolute atomic E-state index is 0.298. The van der Waals surface area contributed by atoms with Crippen LogP contribution in [0.15, 0.2) is 30.5 Å². The number of benzene rings is 1. The van der Waals surface area contributed by atoms with E-state index >= 15 is 0 Å². The van der Waals surface area contributed by atoms with Gasteiger partial charge in [0.2, 0.25) is 0 Å². The summed E-state index contributed by atoms with van der Waals surface area (Å²) in [5.41, 5.74) is 9.26. The van der Waals surface area contributed by atoms with Crippen molar-refractivity contribution in [3.63, 3.8) is 0 Å². The largest absolute Gasteiger partial charge is 0.397 e. The van der Waals surface area contributed by atoms with Crippen molar-refractivity contribution < 1.29 is 4.39 Å². The second-order valence-electron chi connectivity index (χ2n) is 3.93.